The Hall–Kier alpha value is -1.57. The molecule has 4 saturated carbocycles. The van der Waals surface area contributed by atoms with Gasteiger partial charge in [-0.25, -0.2) is 0 Å². The Morgan fingerprint density at radius 3 is 2.20 bits per heavy atom. The molecule has 5 nitrogen and oxygen atoms in total. The van der Waals surface area contributed by atoms with Gasteiger partial charge < -0.3 is 10.5 Å². The minimum absolute atomic E-state index is 0.0356. The molecule has 0 saturated heterocycles. The van der Waals surface area contributed by atoms with Crippen LogP contribution in [0.5, 0.6) is 0 Å². The topological polar surface area (TPSA) is 85.5 Å². The van der Waals surface area contributed by atoms with E-state index in [0.29, 0.717) is 0 Å². The zero-order valence-corrected chi connectivity index (χ0v) is 11.8. The Labute approximate surface area is 119 Å². The lowest BCUT2D eigenvalue weighted by atomic mass is 9.48. The van der Waals surface area contributed by atoms with Crippen LogP contribution in [0.3, 0.4) is 0 Å². The highest BCUT2D eigenvalue weighted by molar-refractivity contribution is 6.45. The van der Waals surface area contributed by atoms with Gasteiger partial charge in [0.15, 0.2) is 0 Å². The Balaban J connectivity index is 1.73. The van der Waals surface area contributed by atoms with Crippen molar-refractivity contribution >= 4 is 11.6 Å². The van der Waals surface area contributed by atoms with Crippen LogP contribution in [-0.2, 0) is 4.79 Å². The van der Waals surface area contributed by atoms with Crippen LogP contribution in [-0.4, -0.2) is 22.9 Å². The molecule has 0 spiro atoms. The largest absolute Gasteiger partial charge is 0.410 e. The predicted octanol–water partition coefficient (Wildman–Crippen LogP) is 2.06. The first-order chi connectivity index (χ1) is 9.56. The summed E-state index contributed by atoms with van der Waals surface area (Å²) in [5.74, 6) is 1.91. The van der Waals surface area contributed by atoms with Crippen molar-refractivity contribution in [1.29, 1.82) is 5.26 Å². The van der Waals surface area contributed by atoms with E-state index in [-0.39, 0.29) is 11.5 Å². The average Bonchev–Trinajstić information content (AvgIpc) is 2.38. The van der Waals surface area contributed by atoms with E-state index in [0.717, 1.165) is 17.8 Å². The van der Waals surface area contributed by atoms with Crippen LogP contribution in [0.15, 0.2) is 5.16 Å². The summed E-state index contributed by atoms with van der Waals surface area (Å²) in [6, 6.07) is 1.65. The van der Waals surface area contributed by atoms with Crippen molar-refractivity contribution in [2.24, 2.45) is 28.3 Å². The summed E-state index contributed by atoms with van der Waals surface area (Å²) >= 11 is 0. The van der Waals surface area contributed by atoms with Crippen molar-refractivity contribution in [1.82, 2.24) is 5.32 Å². The second kappa shape index (κ2) is 4.76. The summed E-state index contributed by atoms with van der Waals surface area (Å²) in [6.07, 6.45) is 7.67. The van der Waals surface area contributed by atoms with Crippen LogP contribution in [0, 0.1) is 34.5 Å². The van der Waals surface area contributed by atoms with E-state index >= 15 is 0 Å². The number of carbonyl (C=O) groups is 1. The predicted molar refractivity (Wildman–Crippen MR) is 73.0 cm³/mol. The van der Waals surface area contributed by atoms with Crippen molar-refractivity contribution in [2.75, 3.05) is 0 Å². The minimum Gasteiger partial charge on any atom is -0.410 e. The van der Waals surface area contributed by atoms with E-state index in [9.17, 15) is 4.79 Å². The van der Waals surface area contributed by atoms with E-state index in [1.807, 2.05) is 6.92 Å². The molecule has 4 bridgehead atoms. The zero-order valence-electron chi connectivity index (χ0n) is 11.8. The first-order valence-electron chi connectivity index (χ1n) is 7.49. The number of hydrogen-bond donors (Lipinski definition) is 2. The van der Waals surface area contributed by atoms with Crippen molar-refractivity contribution in [2.45, 2.75) is 51.5 Å². The van der Waals surface area contributed by atoms with Crippen molar-refractivity contribution < 1.29 is 10.0 Å². The van der Waals surface area contributed by atoms with Gasteiger partial charge in [0.25, 0.3) is 5.91 Å². The summed E-state index contributed by atoms with van der Waals surface area (Å²) in [7, 11) is 0. The van der Waals surface area contributed by atoms with Gasteiger partial charge >= 0.3 is 0 Å². The molecule has 4 aliphatic carbocycles. The number of amides is 1. The van der Waals surface area contributed by atoms with E-state index in [1.54, 1.807) is 6.07 Å². The van der Waals surface area contributed by atoms with Crippen LogP contribution in [0.4, 0.5) is 0 Å². The minimum atomic E-state index is -0.557. The number of carbonyl (C=O) groups excluding carboxylic acids is 1. The van der Waals surface area contributed by atoms with E-state index in [1.165, 1.54) is 38.5 Å². The molecule has 0 radical (unpaired) electrons. The van der Waals surface area contributed by atoms with Gasteiger partial charge in [0.2, 0.25) is 5.71 Å². The number of nitrogens with zero attached hydrogens (tertiary/aromatic N) is 2. The lowest BCUT2D eigenvalue weighted by Crippen LogP contribution is -2.56. The Kier molecular flexibility index (Phi) is 3.19. The highest BCUT2D eigenvalue weighted by atomic mass is 16.4. The third kappa shape index (κ3) is 2.07. The molecule has 1 unspecified atom stereocenters. The molecule has 0 aromatic heterocycles. The highest BCUT2D eigenvalue weighted by Crippen LogP contribution is 2.61. The molecule has 1 amide bonds. The van der Waals surface area contributed by atoms with Crippen LogP contribution >= 0.6 is 0 Å². The normalized spacial score (nSPS) is 40.2. The van der Waals surface area contributed by atoms with Gasteiger partial charge in [0.1, 0.15) is 6.07 Å². The maximum absolute atomic E-state index is 11.9. The molecule has 2 N–H and O–H groups in total. The number of hydrogen-bond acceptors (Lipinski definition) is 4. The third-order valence-corrected chi connectivity index (χ3v) is 5.77. The van der Waals surface area contributed by atoms with Crippen LogP contribution in [0.25, 0.3) is 0 Å². The van der Waals surface area contributed by atoms with Crippen molar-refractivity contribution in [3.63, 3.8) is 0 Å². The van der Waals surface area contributed by atoms with Gasteiger partial charge in [-0.05, 0) is 68.6 Å². The summed E-state index contributed by atoms with van der Waals surface area (Å²) in [5.41, 5.74) is -0.262. The molecule has 0 aromatic carbocycles. The maximum Gasteiger partial charge on any atom is 0.284 e. The highest BCUT2D eigenvalue weighted by Gasteiger charge is 2.53. The van der Waals surface area contributed by atoms with Gasteiger partial charge in [0.05, 0.1) is 0 Å². The number of nitrogens with one attached hydrogen (secondary N) is 1. The van der Waals surface area contributed by atoms with Gasteiger partial charge in [-0.3, -0.25) is 4.79 Å². The molecule has 20 heavy (non-hydrogen) atoms. The summed E-state index contributed by atoms with van der Waals surface area (Å²) in [6.45, 7) is 2.04. The summed E-state index contributed by atoms with van der Waals surface area (Å²) in [5, 5.41) is 23.0. The zero-order chi connectivity index (χ0) is 14.3. The fourth-order valence-corrected chi connectivity index (χ4v) is 5.24. The molecule has 1 atom stereocenters. The quantitative estimate of drug-likeness (QED) is 0.469. The fourth-order valence-electron chi connectivity index (χ4n) is 5.24. The van der Waals surface area contributed by atoms with Gasteiger partial charge in [-0.15, -0.1) is 0 Å². The maximum atomic E-state index is 11.9. The first-order valence-corrected chi connectivity index (χ1v) is 7.49. The van der Waals surface area contributed by atoms with Gasteiger partial charge in [-0.1, -0.05) is 5.16 Å². The smallest absolute Gasteiger partial charge is 0.284 e. The Bertz CT molecular complexity index is 457. The SMILES string of the molecule is CC(NC(=O)/C(C#N)=N/O)C12CC3CC(CC(C3)C1)C2. The number of oxime groups is 1. The second-order valence-corrected chi connectivity index (χ2v) is 7.04. The van der Waals surface area contributed by atoms with Crippen LogP contribution in [0.2, 0.25) is 0 Å². The van der Waals surface area contributed by atoms with Crippen LogP contribution < -0.4 is 5.32 Å². The van der Waals surface area contributed by atoms with E-state index in [4.69, 9.17) is 10.5 Å². The lowest BCUT2D eigenvalue weighted by molar-refractivity contribution is -0.119. The van der Waals surface area contributed by atoms with Crippen molar-refractivity contribution in [3.05, 3.63) is 0 Å². The monoisotopic (exact) mass is 275 g/mol. The molecule has 4 fully saturated rings. The molecule has 0 aromatic rings. The molecule has 0 heterocycles. The molecule has 4 rings (SSSR count). The number of nitriles is 1. The van der Waals surface area contributed by atoms with E-state index < -0.39 is 11.6 Å². The average molecular weight is 275 g/mol. The van der Waals surface area contributed by atoms with Crippen molar-refractivity contribution in [3.8, 4) is 6.07 Å². The van der Waals surface area contributed by atoms with Gasteiger partial charge in [0, 0.05) is 6.04 Å². The summed E-state index contributed by atoms with van der Waals surface area (Å²) < 4.78 is 0. The first kappa shape index (κ1) is 13.4. The van der Waals surface area contributed by atoms with Gasteiger partial charge in [-0.2, -0.15) is 5.26 Å². The molecular weight excluding hydrogens is 254 g/mol. The molecule has 0 aliphatic heterocycles. The number of rotatable bonds is 3. The Morgan fingerprint density at radius 2 is 1.80 bits per heavy atom. The van der Waals surface area contributed by atoms with E-state index in [2.05, 4.69) is 10.5 Å². The third-order valence-electron chi connectivity index (χ3n) is 5.77. The Morgan fingerprint density at radius 1 is 1.30 bits per heavy atom. The fraction of sp³-hybridized carbons (Fsp3) is 0.800. The molecule has 4 aliphatic rings. The second-order valence-electron chi connectivity index (χ2n) is 7.04. The standard InChI is InChI=1S/C15H21N3O2/c1-9(17-14(19)13(8-16)18-20)15-5-10-2-11(6-15)4-12(3-10)7-15/h9-12,20H,2-7H2,1H3,(H,17,19)/b18-13+. The molecule has 5 heteroatoms. The van der Waals surface area contributed by atoms with Crippen LogP contribution in [0.1, 0.15) is 45.4 Å². The lowest BCUT2D eigenvalue weighted by Gasteiger charge is -2.59. The molecule has 108 valence electrons. The molecular formula is C15H21N3O2. The summed E-state index contributed by atoms with van der Waals surface area (Å²) in [4.78, 5) is 11.9.